The molecule has 0 atom stereocenters. The topological polar surface area (TPSA) is 70.7 Å². The molecule has 0 bridgehead atoms. The third-order valence-electron chi connectivity index (χ3n) is 4.04. The van der Waals surface area contributed by atoms with Crippen LogP contribution in [-0.2, 0) is 4.79 Å². The molecule has 0 aliphatic rings. The Balaban J connectivity index is 1.94. The van der Waals surface area contributed by atoms with Crippen LogP contribution in [0.25, 0.3) is 11.8 Å². The molecule has 1 amide bonds. The van der Waals surface area contributed by atoms with Crippen LogP contribution >= 0.6 is 22.9 Å². The first-order valence-electron chi connectivity index (χ1n) is 8.19. The van der Waals surface area contributed by atoms with E-state index in [2.05, 4.69) is 10.3 Å². The number of hydrogen-bond donors (Lipinski definition) is 1. The van der Waals surface area contributed by atoms with Crippen LogP contribution in [-0.4, -0.2) is 15.5 Å². The lowest BCUT2D eigenvalue weighted by Crippen LogP contribution is -2.13. The van der Waals surface area contributed by atoms with Gasteiger partial charge in [0.1, 0.15) is 11.6 Å². The monoisotopic (exact) mass is 396 g/mol. The third kappa shape index (κ3) is 4.11. The van der Waals surface area contributed by atoms with Crippen LogP contribution in [0.3, 0.4) is 0 Å². The number of aromatic nitrogens is 2. The molecule has 3 aromatic rings. The van der Waals surface area contributed by atoms with E-state index in [-0.39, 0.29) is 5.57 Å². The van der Waals surface area contributed by atoms with Gasteiger partial charge in [-0.15, -0.1) is 11.3 Å². The normalized spacial score (nSPS) is 11.3. The van der Waals surface area contributed by atoms with Gasteiger partial charge in [-0.05, 0) is 56.7 Å². The summed E-state index contributed by atoms with van der Waals surface area (Å²) in [5, 5.41) is 15.1. The zero-order valence-electron chi connectivity index (χ0n) is 15.1. The SMILES string of the molecule is Cc1csc(NC(=O)/C(C#N)=C\c2cc(C)n(-c3cccc(Cl)c3)c2C)n1. The largest absolute Gasteiger partial charge is 0.318 e. The molecule has 2 aromatic heterocycles. The summed E-state index contributed by atoms with van der Waals surface area (Å²) in [6.07, 6.45) is 1.60. The summed E-state index contributed by atoms with van der Waals surface area (Å²) in [7, 11) is 0. The van der Waals surface area contributed by atoms with Crippen LogP contribution in [0.15, 0.2) is 41.3 Å². The molecule has 0 fully saturated rings. The molecule has 2 heterocycles. The summed E-state index contributed by atoms with van der Waals surface area (Å²) in [5.74, 6) is -0.473. The fraction of sp³-hybridized carbons (Fsp3) is 0.150. The first kappa shape index (κ1) is 18.9. The summed E-state index contributed by atoms with van der Waals surface area (Å²) in [6, 6.07) is 11.5. The number of carbonyl (C=O) groups is 1. The predicted molar refractivity (Wildman–Crippen MR) is 109 cm³/mol. The van der Waals surface area contributed by atoms with Gasteiger partial charge in [-0.25, -0.2) is 4.98 Å². The predicted octanol–water partition coefficient (Wildman–Crippen LogP) is 5.06. The van der Waals surface area contributed by atoms with Gasteiger partial charge in [0.2, 0.25) is 0 Å². The van der Waals surface area contributed by atoms with E-state index in [1.165, 1.54) is 11.3 Å². The number of nitrogens with zero attached hydrogens (tertiary/aromatic N) is 3. The quantitative estimate of drug-likeness (QED) is 0.495. The fourth-order valence-corrected chi connectivity index (χ4v) is 3.69. The highest BCUT2D eigenvalue weighted by Crippen LogP contribution is 2.25. The van der Waals surface area contributed by atoms with Crippen molar-refractivity contribution in [3.05, 3.63) is 69.0 Å². The van der Waals surface area contributed by atoms with Crippen LogP contribution in [0.1, 0.15) is 22.6 Å². The number of hydrogen-bond acceptors (Lipinski definition) is 4. The van der Waals surface area contributed by atoms with Crippen molar-refractivity contribution in [1.29, 1.82) is 5.26 Å². The van der Waals surface area contributed by atoms with E-state index < -0.39 is 5.91 Å². The molecule has 5 nitrogen and oxygen atoms in total. The minimum Gasteiger partial charge on any atom is -0.318 e. The summed E-state index contributed by atoms with van der Waals surface area (Å²) >= 11 is 7.43. The number of carbonyl (C=O) groups excluding carboxylic acids is 1. The highest BCUT2D eigenvalue weighted by atomic mass is 35.5. The molecule has 1 aromatic carbocycles. The highest BCUT2D eigenvalue weighted by Gasteiger charge is 2.15. The maximum absolute atomic E-state index is 12.4. The Bertz CT molecular complexity index is 1090. The number of aryl methyl sites for hydroxylation is 2. The standard InChI is InChI=1S/C20H17ClN4OS/c1-12-11-27-20(23-12)24-19(26)16(10-22)8-15-7-13(2)25(14(15)3)18-6-4-5-17(21)9-18/h4-9,11H,1-3H3,(H,23,24,26)/b16-8-. The van der Waals surface area contributed by atoms with Crippen LogP contribution < -0.4 is 5.32 Å². The van der Waals surface area contributed by atoms with E-state index >= 15 is 0 Å². The number of benzene rings is 1. The molecule has 0 spiro atoms. The van der Waals surface area contributed by atoms with Crippen LogP contribution in [0.4, 0.5) is 5.13 Å². The minimum atomic E-state index is -0.473. The summed E-state index contributed by atoms with van der Waals surface area (Å²) in [5.41, 5.74) is 4.47. The minimum absolute atomic E-state index is 0.0224. The molecule has 0 saturated heterocycles. The van der Waals surface area contributed by atoms with Gasteiger partial charge in [0.25, 0.3) is 5.91 Å². The number of anilines is 1. The van der Waals surface area contributed by atoms with Crippen LogP contribution in [0.5, 0.6) is 0 Å². The molecule has 0 aliphatic heterocycles. The number of halogens is 1. The van der Waals surface area contributed by atoms with Crippen molar-refractivity contribution in [2.75, 3.05) is 5.32 Å². The van der Waals surface area contributed by atoms with E-state index in [1.54, 1.807) is 6.08 Å². The Morgan fingerprint density at radius 1 is 1.33 bits per heavy atom. The molecule has 7 heteroatoms. The molecule has 1 N–H and O–H groups in total. The average Bonchev–Trinajstić information content (AvgIpc) is 3.15. The molecule has 0 unspecified atom stereocenters. The zero-order valence-corrected chi connectivity index (χ0v) is 16.6. The lowest BCUT2D eigenvalue weighted by Gasteiger charge is -2.10. The molecule has 136 valence electrons. The number of nitrogens with one attached hydrogen (secondary N) is 1. The Kier molecular flexibility index (Phi) is 5.45. The lowest BCUT2D eigenvalue weighted by atomic mass is 10.1. The van der Waals surface area contributed by atoms with Gasteiger partial charge < -0.3 is 4.57 Å². The molecule has 3 rings (SSSR count). The number of amides is 1. The molecular formula is C20H17ClN4OS. The third-order valence-corrected chi connectivity index (χ3v) is 5.15. The van der Waals surface area contributed by atoms with Crippen molar-refractivity contribution in [2.45, 2.75) is 20.8 Å². The smallest absolute Gasteiger partial charge is 0.268 e. The second-order valence-electron chi connectivity index (χ2n) is 6.06. The van der Waals surface area contributed by atoms with E-state index in [0.29, 0.717) is 10.2 Å². The number of thiazole rings is 1. The first-order chi connectivity index (χ1) is 12.9. The summed E-state index contributed by atoms with van der Waals surface area (Å²) in [6.45, 7) is 5.75. The average molecular weight is 397 g/mol. The van der Waals surface area contributed by atoms with Gasteiger partial charge in [-0.2, -0.15) is 5.26 Å². The van der Waals surface area contributed by atoms with Crippen molar-refractivity contribution < 1.29 is 4.79 Å². The van der Waals surface area contributed by atoms with Gasteiger partial charge >= 0.3 is 0 Å². The Morgan fingerprint density at radius 2 is 2.11 bits per heavy atom. The van der Waals surface area contributed by atoms with Crippen LogP contribution in [0.2, 0.25) is 5.02 Å². The Labute approximate surface area is 166 Å². The molecule has 0 radical (unpaired) electrons. The fourth-order valence-electron chi connectivity index (χ4n) is 2.83. The summed E-state index contributed by atoms with van der Waals surface area (Å²) in [4.78, 5) is 16.6. The van der Waals surface area contributed by atoms with E-state index in [9.17, 15) is 10.1 Å². The maximum Gasteiger partial charge on any atom is 0.268 e. The van der Waals surface area contributed by atoms with Crippen molar-refractivity contribution in [3.8, 4) is 11.8 Å². The number of nitriles is 1. The molecule has 0 saturated carbocycles. The second-order valence-corrected chi connectivity index (χ2v) is 7.35. The highest BCUT2D eigenvalue weighted by molar-refractivity contribution is 7.13. The first-order valence-corrected chi connectivity index (χ1v) is 9.45. The van der Waals surface area contributed by atoms with Gasteiger partial charge in [0, 0.05) is 27.5 Å². The molecule has 27 heavy (non-hydrogen) atoms. The van der Waals surface area contributed by atoms with Gasteiger partial charge in [-0.3, -0.25) is 10.1 Å². The summed E-state index contributed by atoms with van der Waals surface area (Å²) < 4.78 is 2.04. The van der Waals surface area contributed by atoms with E-state index in [0.717, 1.165) is 28.3 Å². The second kappa shape index (κ2) is 7.78. The van der Waals surface area contributed by atoms with Crippen LogP contribution in [0, 0.1) is 32.1 Å². The molecule has 0 aliphatic carbocycles. The Morgan fingerprint density at radius 3 is 2.74 bits per heavy atom. The molecular weight excluding hydrogens is 380 g/mol. The maximum atomic E-state index is 12.4. The van der Waals surface area contributed by atoms with Gasteiger partial charge in [-0.1, -0.05) is 17.7 Å². The van der Waals surface area contributed by atoms with E-state index in [1.807, 2.05) is 67.1 Å². The zero-order chi connectivity index (χ0) is 19.6. The van der Waals surface area contributed by atoms with Crippen molar-refractivity contribution >= 4 is 40.1 Å². The van der Waals surface area contributed by atoms with Crippen molar-refractivity contribution in [1.82, 2.24) is 9.55 Å². The van der Waals surface area contributed by atoms with Crippen molar-refractivity contribution in [3.63, 3.8) is 0 Å². The Hall–Kier alpha value is -2.88. The van der Waals surface area contributed by atoms with Gasteiger partial charge in [0.15, 0.2) is 5.13 Å². The lowest BCUT2D eigenvalue weighted by molar-refractivity contribution is -0.112. The van der Waals surface area contributed by atoms with Crippen molar-refractivity contribution in [2.24, 2.45) is 0 Å². The van der Waals surface area contributed by atoms with E-state index in [4.69, 9.17) is 11.6 Å². The number of rotatable bonds is 4. The van der Waals surface area contributed by atoms with Gasteiger partial charge in [0.05, 0.1) is 5.69 Å².